The third-order valence-electron chi connectivity index (χ3n) is 2.87. The summed E-state index contributed by atoms with van der Waals surface area (Å²) in [6, 6.07) is 11.2. The van der Waals surface area contributed by atoms with Gasteiger partial charge in [-0.1, -0.05) is 30.3 Å². The Balaban J connectivity index is 2.75. The highest BCUT2D eigenvalue weighted by molar-refractivity contribution is 5.92. The molecule has 0 saturated carbocycles. The van der Waals surface area contributed by atoms with Crippen molar-refractivity contribution in [3.05, 3.63) is 42.0 Å². The zero-order valence-corrected chi connectivity index (χ0v) is 10.2. The molecule has 4 nitrogen and oxygen atoms in total. The lowest BCUT2D eigenvalue weighted by Crippen LogP contribution is -2.15. The molecule has 0 heterocycles. The van der Waals surface area contributed by atoms with E-state index in [1.165, 1.54) is 14.2 Å². The third-order valence-corrected chi connectivity index (χ3v) is 2.87. The summed E-state index contributed by atoms with van der Waals surface area (Å²) in [5.41, 5.74) is 0.547. The maximum absolute atomic E-state index is 11.3. The van der Waals surface area contributed by atoms with Crippen LogP contribution in [0.5, 0.6) is 5.75 Å². The van der Waals surface area contributed by atoms with Gasteiger partial charge in [0.25, 0.3) is 0 Å². The Labute approximate surface area is 105 Å². The maximum atomic E-state index is 11.3. The Bertz CT molecular complexity index is 577. The Kier molecular flexibility index (Phi) is 3.48. The van der Waals surface area contributed by atoms with Crippen molar-refractivity contribution in [3.63, 3.8) is 0 Å². The molecule has 0 aliphatic carbocycles. The number of ether oxygens (including phenoxy) is 2. The molecule has 2 rings (SSSR count). The molecule has 0 fully saturated rings. The Morgan fingerprint density at radius 3 is 2.50 bits per heavy atom. The maximum Gasteiger partial charge on any atom is 0.337 e. The summed E-state index contributed by atoms with van der Waals surface area (Å²) in [5.74, 6) is -0.518. The second-order valence-electron chi connectivity index (χ2n) is 3.86. The van der Waals surface area contributed by atoms with Crippen LogP contribution in [0.15, 0.2) is 36.4 Å². The summed E-state index contributed by atoms with van der Waals surface area (Å²) in [7, 11) is 2.89. The van der Waals surface area contributed by atoms with Gasteiger partial charge in [-0.2, -0.15) is 0 Å². The van der Waals surface area contributed by atoms with Crippen LogP contribution in [-0.2, 0) is 9.53 Å². The summed E-state index contributed by atoms with van der Waals surface area (Å²) in [4.78, 5) is 11.3. The molecule has 0 aliphatic heterocycles. The van der Waals surface area contributed by atoms with Gasteiger partial charge in [0, 0.05) is 12.7 Å². The quantitative estimate of drug-likeness (QED) is 0.901. The predicted molar refractivity (Wildman–Crippen MR) is 67.9 cm³/mol. The molecular formula is C14H14O4. The molecular weight excluding hydrogens is 232 g/mol. The summed E-state index contributed by atoms with van der Waals surface area (Å²) in [6.45, 7) is 0. The van der Waals surface area contributed by atoms with E-state index in [4.69, 9.17) is 9.47 Å². The van der Waals surface area contributed by atoms with E-state index in [9.17, 15) is 9.90 Å². The molecule has 2 aromatic rings. The largest absolute Gasteiger partial charge is 0.496 e. The van der Waals surface area contributed by atoms with Gasteiger partial charge in [0.2, 0.25) is 0 Å². The highest BCUT2D eigenvalue weighted by Gasteiger charge is 2.25. The molecule has 0 aliphatic rings. The molecule has 4 heteroatoms. The van der Waals surface area contributed by atoms with Gasteiger partial charge in [-0.25, -0.2) is 4.79 Å². The second kappa shape index (κ2) is 5.06. The summed E-state index contributed by atoms with van der Waals surface area (Å²) in [6.07, 6.45) is -1.04. The van der Waals surface area contributed by atoms with Crippen molar-refractivity contribution in [2.45, 2.75) is 6.10 Å². The van der Waals surface area contributed by atoms with Crippen LogP contribution in [0.2, 0.25) is 0 Å². The topological polar surface area (TPSA) is 55.8 Å². The van der Waals surface area contributed by atoms with Gasteiger partial charge in [-0.3, -0.25) is 0 Å². The van der Waals surface area contributed by atoms with Crippen LogP contribution in [0.25, 0.3) is 10.8 Å². The van der Waals surface area contributed by atoms with E-state index < -0.39 is 12.1 Å². The van der Waals surface area contributed by atoms with Gasteiger partial charge in [0.1, 0.15) is 5.75 Å². The number of hydrogen-bond acceptors (Lipinski definition) is 3. The second-order valence-corrected chi connectivity index (χ2v) is 3.86. The van der Waals surface area contributed by atoms with E-state index in [0.717, 1.165) is 10.8 Å². The molecule has 0 aromatic heterocycles. The third kappa shape index (κ3) is 2.02. The van der Waals surface area contributed by atoms with Gasteiger partial charge >= 0.3 is 5.97 Å². The monoisotopic (exact) mass is 246 g/mol. The fourth-order valence-corrected chi connectivity index (χ4v) is 2.07. The number of carboxylic acid groups (broad SMARTS) is 1. The Hall–Kier alpha value is -2.07. The van der Waals surface area contributed by atoms with Crippen LogP contribution in [0, 0.1) is 0 Å². The first-order chi connectivity index (χ1) is 8.69. The molecule has 0 spiro atoms. The molecule has 0 radical (unpaired) electrons. The van der Waals surface area contributed by atoms with E-state index in [1.54, 1.807) is 6.07 Å². The van der Waals surface area contributed by atoms with Crippen molar-refractivity contribution in [2.75, 3.05) is 14.2 Å². The van der Waals surface area contributed by atoms with Gasteiger partial charge in [0.15, 0.2) is 6.10 Å². The van der Waals surface area contributed by atoms with Crippen LogP contribution in [0.1, 0.15) is 11.7 Å². The normalized spacial score (nSPS) is 12.3. The van der Waals surface area contributed by atoms with E-state index >= 15 is 0 Å². The minimum Gasteiger partial charge on any atom is -0.496 e. The molecule has 0 bridgehead atoms. The first-order valence-corrected chi connectivity index (χ1v) is 5.50. The first-order valence-electron chi connectivity index (χ1n) is 5.50. The highest BCUT2D eigenvalue weighted by Crippen LogP contribution is 2.34. The average Bonchev–Trinajstić information content (AvgIpc) is 2.39. The van der Waals surface area contributed by atoms with Crippen molar-refractivity contribution in [1.82, 2.24) is 0 Å². The number of fused-ring (bicyclic) bond motifs is 1. The predicted octanol–water partition coefficient (Wildman–Crippen LogP) is 2.62. The molecule has 0 amide bonds. The van der Waals surface area contributed by atoms with Gasteiger partial charge in [-0.15, -0.1) is 0 Å². The minimum absolute atomic E-state index is 0.517. The molecule has 1 unspecified atom stereocenters. The number of aliphatic carboxylic acids is 1. The molecule has 94 valence electrons. The van der Waals surface area contributed by atoms with E-state index in [-0.39, 0.29) is 0 Å². The standard InChI is InChI=1S/C14H14O4/c1-17-11-8-7-9-5-3-4-6-10(9)12(11)13(18-2)14(15)16/h3-8,13H,1-2H3,(H,15,16). The van der Waals surface area contributed by atoms with Gasteiger partial charge in [0.05, 0.1) is 7.11 Å². The Morgan fingerprint density at radius 1 is 1.17 bits per heavy atom. The Morgan fingerprint density at radius 2 is 1.89 bits per heavy atom. The number of benzene rings is 2. The number of carboxylic acids is 1. The average molecular weight is 246 g/mol. The van der Waals surface area contributed by atoms with Crippen LogP contribution in [0.4, 0.5) is 0 Å². The van der Waals surface area contributed by atoms with Crippen molar-refractivity contribution < 1.29 is 19.4 Å². The molecule has 18 heavy (non-hydrogen) atoms. The lowest BCUT2D eigenvalue weighted by Gasteiger charge is -2.17. The van der Waals surface area contributed by atoms with E-state index in [1.807, 2.05) is 30.3 Å². The van der Waals surface area contributed by atoms with E-state index in [2.05, 4.69) is 0 Å². The van der Waals surface area contributed by atoms with Crippen molar-refractivity contribution in [2.24, 2.45) is 0 Å². The van der Waals surface area contributed by atoms with Crippen LogP contribution >= 0.6 is 0 Å². The number of carbonyl (C=O) groups is 1. The molecule has 1 N–H and O–H groups in total. The first kappa shape index (κ1) is 12.4. The SMILES string of the molecule is COc1ccc2ccccc2c1C(OC)C(=O)O. The van der Waals surface area contributed by atoms with Crippen LogP contribution in [0.3, 0.4) is 0 Å². The fraction of sp³-hybridized carbons (Fsp3) is 0.214. The van der Waals surface area contributed by atoms with E-state index in [0.29, 0.717) is 11.3 Å². The molecule has 0 saturated heterocycles. The summed E-state index contributed by atoms with van der Waals surface area (Å²) in [5, 5.41) is 11.0. The number of rotatable bonds is 4. The number of methoxy groups -OCH3 is 2. The zero-order valence-electron chi connectivity index (χ0n) is 10.2. The minimum atomic E-state index is -1.04. The van der Waals surface area contributed by atoms with Crippen LogP contribution in [-0.4, -0.2) is 25.3 Å². The van der Waals surface area contributed by atoms with Crippen molar-refractivity contribution in [1.29, 1.82) is 0 Å². The molecule has 2 aromatic carbocycles. The molecule has 1 atom stereocenters. The number of hydrogen-bond donors (Lipinski definition) is 1. The summed E-state index contributed by atoms with van der Waals surface area (Å²) < 4.78 is 10.3. The highest BCUT2D eigenvalue weighted by atomic mass is 16.5. The summed E-state index contributed by atoms with van der Waals surface area (Å²) >= 11 is 0. The zero-order chi connectivity index (χ0) is 13.1. The lowest BCUT2D eigenvalue weighted by atomic mass is 9.99. The van der Waals surface area contributed by atoms with Crippen molar-refractivity contribution >= 4 is 16.7 Å². The fourth-order valence-electron chi connectivity index (χ4n) is 2.07. The smallest absolute Gasteiger partial charge is 0.337 e. The van der Waals surface area contributed by atoms with Gasteiger partial charge in [-0.05, 0) is 16.8 Å². The van der Waals surface area contributed by atoms with Gasteiger partial charge < -0.3 is 14.6 Å². The van der Waals surface area contributed by atoms with Crippen LogP contribution < -0.4 is 4.74 Å². The van der Waals surface area contributed by atoms with Crippen molar-refractivity contribution in [3.8, 4) is 5.75 Å². The lowest BCUT2D eigenvalue weighted by molar-refractivity contribution is -0.148.